The van der Waals surface area contributed by atoms with Crippen LogP contribution in [0.3, 0.4) is 0 Å². The van der Waals surface area contributed by atoms with Gasteiger partial charge in [-0.1, -0.05) is 0 Å². The Kier molecular flexibility index (Phi) is 4.79. The van der Waals surface area contributed by atoms with Gasteiger partial charge in [-0.05, 0) is 25.8 Å². The minimum atomic E-state index is -3.80. The summed E-state index contributed by atoms with van der Waals surface area (Å²) in [6.07, 6.45) is 3.72. The van der Waals surface area contributed by atoms with E-state index >= 15 is 0 Å². The summed E-state index contributed by atoms with van der Waals surface area (Å²) in [4.78, 5) is 14.9. The summed E-state index contributed by atoms with van der Waals surface area (Å²) in [6.45, 7) is 2.40. The average Bonchev–Trinajstić information content (AvgIpc) is 2.48. The summed E-state index contributed by atoms with van der Waals surface area (Å²) in [5.41, 5.74) is 0. The number of piperidine rings is 1. The highest BCUT2D eigenvalue weighted by Gasteiger charge is 2.34. The molecule has 1 aliphatic heterocycles. The van der Waals surface area contributed by atoms with E-state index in [-0.39, 0.29) is 17.2 Å². The first-order valence-corrected chi connectivity index (χ1v) is 8.20. The monoisotopic (exact) mass is 314 g/mol. The van der Waals surface area contributed by atoms with Crippen LogP contribution in [0.15, 0.2) is 23.4 Å². The number of carboxylic acid groups (broad SMARTS) is 1. The largest absolute Gasteiger partial charge is 0.492 e. The molecule has 1 saturated heterocycles. The Morgan fingerprint density at radius 3 is 3.00 bits per heavy atom. The maximum absolute atomic E-state index is 12.7. The lowest BCUT2D eigenvalue weighted by atomic mass is 10.0. The van der Waals surface area contributed by atoms with Crippen molar-refractivity contribution < 1.29 is 23.1 Å². The minimum absolute atomic E-state index is 0.0157. The highest BCUT2D eigenvalue weighted by atomic mass is 32.2. The van der Waals surface area contributed by atoms with Gasteiger partial charge < -0.3 is 9.84 Å². The summed E-state index contributed by atoms with van der Waals surface area (Å²) in [7, 11) is -3.80. The van der Waals surface area contributed by atoms with Crippen LogP contribution in [0.2, 0.25) is 0 Å². The van der Waals surface area contributed by atoms with Gasteiger partial charge in [0.25, 0.3) is 0 Å². The standard InChI is InChI=1S/C13H18N2O5S/c1-2-20-11-5-6-14-8-12(11)21(18,19)15-7-3-4-10(9-15)13(16)17/h5-6,8,10H,2-4,7,9H2,1H3,(H,16,17). The zero-order chi connectivity index (χ0) is 15.5. The maximum Gasteiger partial charge on any atom is 0.307 e. The topological polar surface area (TPSA) is 96.8 Å². The zero-order valence-corrected chi connectivity index (χ0v) is 12.5. The van der Waals surface area contributed by atoms with Gasteiger partial charge in [0.15, 0.2) is 0 Å². The quantitative estimate of drug-likeness (QED) is 0.869. The molecule has 1 aliphatic rings. The van der Waals surface area contributed by atoms with Gasteiger partial charge in [-0.15, -0.1) is 0 Å². The summed E-state index contributed by atoms with van der Waals surface area (Å²) in [5.74, 6) is -1.39. The predicted molar refractivity (Wildman–Crippen MR) is 74.5 cm³/mol. The van der Waals surface area contributed by atoms with Crippen molar-refractivity contribution in [3.8, 4) is 5.75 Å². The molecule has 0 spiro atoms. The molecule has 0 saturated carbocycles. The number of hydrogen-bond acceptors (Lipinski definition) is 5. The second kappa shape index (κ2) is 6.40. The highest BCUT2D eigenvalue weighted by molar-refractivity contribution is 7.89. The average molecular weight is 314 g/mol. The van der Waals surface area contributed by atoms with Gasteiger partial charge in [-0.3, -0.25) is 9.78 Å². The molecule has 2 heterocycles. The van der Waals surface area contributed by atoms with Crippen molar-refractivity contribution in [3.63, 3.8) is 0 Å². The molecule has 1 aromatic rings. The molecule has 0 aliphatic carbocycles. The Hall–Kier alpha value is -1.67. The SMILES string of the molecule is CCOc1ccncc1S(=O)(=O)N1CCCC(C(=O)O)C1. The Balaban J connectivity index is 2.31. The molecule has 0 amide bonds. The van der Waals surface area contributed by atoms with Crippen LogP contribution >= 0.6 is 0 Å². The lowest BCUT2D eigenvalue weighted by Gasteiger charge is -2.30. The lowest BCUT2D eigenvalue weighted by Crippen LogP contribution is -2.42. The second-order valence-corrected chi connectivity index (χ2v) is 6.70. The van der Waals surface area contributed by atoms with Crippen LogP contribution in [-0.4, -0.2) is 48.5 Å². The highest BCUT2D eigenvalue weighted by Crippen LogP contribution is 2.29. The van der Waals surface area contributed by atoms with Crippen LogP contribution in [0.1, 0.15) is 19.8 Å². The van der Waals surface area contributed by atoms with Gasteiger partial charge >= 0.3 is 5.97 Å². The number of ether oxygens (including phenoxy) is 1. The number of hydrogen-bond donors (Lipinski definition) is 1. The Labute approximate surface area is 123 Å². The number of sulfonamides is 1. The zero-order valence-electron chi connectivity index (χ0n) is 11.7. The number of aromatic nitrogens is 1. The summed E-state index contributed by atoms with van der Waals surface area (Å²) in [6, 6.07) is 1.50. The first kappa shape index (κ1) is 15.7. The molecule has 21 heavy (non-hydrogen) atoms. The fourth-order valence-corrected chi connectivity index (χ4v) is 3.94. The van der Waals surface area contributed by atoms with E-state index in [0.717, 1.165) is 0 Å². The Morgan fingerprint density at radius 1 is 1.57 bits per heavy atom. The lowest BCUT2D eigenvalue weighted by molar-refractivity contribution is -0.142. The number of pyridine rings is 1. The van der Waals surface area contributed by atoms with E-state index in [0.29, 0.717) is 26.0 Å². The first-order chi connectivity index (χ1) is 9.96. The molecule has 1 fully saturated rings. The van der Waals surface area contributed by atoms with E-state index in [1.165, 1.54) is 22.8 Å². The molecule has 8 heteroatoms. The van der Waals surface area contributed by atoms with E-state index in [1.54, 1.807) is 6.92 Å². The molecule has 0 bridgehead atoms. The van der Waals surface area contributed by atoms with Crippen molar-refractivity contribution in [2.24, 2.45) is 5.92 Å². The van der Waals surface area contributed by atoms with Gasteiger partial charge in [0, 0.05) is 19.3 Å². The van der Waals surface area contributed by atoms with E-state index in [4.69, 9.17) is 9.84 Å². The Morgan fingerprint density at radius 2 is 2.33 bits per heavy atom. The number of carbonyl (C=O) groups is 1. The number of nitrogens with zero attached hydrogens (tertiary/aromatic N) is 2. The molecule has 1 aromatic heterocycles. The van der Waals surface area contributed by atoms with Gasteiger partial charge in [-0.25, -0.2) is 8.42 Å². The minimum Gasteiger partial charge on any atom is -0.492 e. The molecular formula is C13H18N2O5S. The van der Waals surface area contributed by atoms with Crippen molar-refractivity contribution in [2.75, 3.05) is 19.7 Å². The molecule has 1 N–H and O–H groups in total. The van der Waals surface area contributed by atoms with Crippen LogP contribution in [0.4, 0.5) is 0 Å². The number of carboxylic acids is 1. The number of rotatable bonds is 5. The normalized spacial score (nSPS) is 20.1. The third kappa shape index (κ3) is 3.33. The molecule has 7 nitrogen and oxygen atoms in total. The number of aliphatic carboxylic acids is 1. The van der Waals surface area contributed by atoms with Crippen molar-refractivity contribution in [1.82, 2.24) is 9.29 Å². The van der Waals surface area contributed by atoms with Crippen LogP contribution in [-0.2, 0) is 14.8 Å². The van der Waals surface area contributed by atoms with Crippen molar-refractivity contribution in [3.05, 3.63) is 18.5 Å². The van der Waals surface area contributed by atoms with E-state index in [1.807, 2.05) is 0 Å². The maximum atomic E-state index is 12.7. The van der Waals surface area contributed by atoms with Crippen LogP contribution in [0.5, 0.6) is 5.75 Å². The molecular weight excluding hydrogens is 296 g/mol. The predicted octanol–water partition coefficient (Wildman–Crippen LogP) is 0.966. The molecule has 116 valence electrons. The first-order valence-electron chi connectivity index (χ1n) is 6.76. The fraction of sp³-hybridized carbons (Fsp3) is 0.538. The van der Waals surface area contributed by atoms with Crippen molar-refractivity contribution in [2.45, 2.75) is 24.7 Å². The third-order valence-corrected chi connectivity index (χ3v) is 5.27. The smallest absolute Gasteiger partial charge is 0.307 e. The third-order valence-electron chi connectivity index (χ3n) is 3.40. The van der Waals surface area contributed by atoms with Gasteiger partial charge in [0.2, 0.25) is 10.0 Å². The van der Waals surface area contributed by atoms with E-state index in [2.05, 4.69) is 4.98 Å². The summed E-state index contributed by atoms with van der Waals surface area (Å²) in [5, 5.41) is 9.07. The van der Waals surface area contributed by atoms with Gasteiger partial charge in [-0.2, -0.15) is 4.31 Å². The fourth-order valence-electron chi connectivity index (χ4n) is 2.34. The molecule has 2 rings (SSSR count). The van der Waals surface area contributed by atoms with Gasteiger partial charge in [0.05, 0.1) is 18.7 Å². The second-order valence-electron chi connectivity index (χ2n) is 4.80. The molecule has 1 unspecified atom stereocenters. The van der Waals surface area contributed by atoms with E-state index < -0.39 is 21.9 Å². The van der Waals surface area contributed by atoms with Gasteiger partial charge in [0.1, 0.15) is 10.6 Å². The van der Waals surface area contributed by atoms with Crippen LogP contribution < -0.4 is 4.74 Å². The van der Waals surface area contributed by atoms with Crippen molar-refractivity contribution in [1.29, 1.82) is 0 Å². The molecule has 0 aromatic carbocycles. The molecule has 1 atom stereocenters. The summed E-state index contributed by atoms with van der Waals surface area (Å²) >= 11 is 0. The van der Waals surface area contributed by atoms with Crippen LogP contribution in [0, 0.1) is 5.92 Å². The summed E-state index contributed by atoms with van der Waals surface area (Å²) < 4.78 is 31.9. The van der Waals surface area contributed by atoms with E-state index in [9.17, 15) is 13.2 Å². The van der Waals surface area contributed by atoms with Crippen molar-refractivity contribution >= 4 is 16.0 Å². The molecule has 0 radical (unpaired) electrons. The Bertz CT molecular complexity index is 617. The van der Waals surface area contributed by atoms with Crippen LogP contribution in [0.25, 0.3) is 0 Å².